The molecule has 6 heteroatoms. The molecule has 0 fully saturated rings. The maximum absolute atomic E-state index is 12.1. The van der Waals surface area contributed by atoms with Crippen LogP contribution in [0, 0.1) is 0 Å². The molecule has 0 saturated heterocycles. The van der Waals surface area contributed by atoms with E-state index < -0.39 is 5.97 Å². The lowest BCUT2D eigenvalue weighted by Crippen LogP contribution is -2.08. The lowest BCUT2D eigenvalue weighted by molar-refractivity contribution is -0.130. The van der Waals surface area contributed by atoms with Crippen molar-refractivity contribution in [3.63, 3.8) is 0 Å². The lowest BCUT2D eigenvalue weighted by Gasteiger charge is -2.07. The van der Waals surface area contributed by atoms with Crippen LogP contribution in [0.15, 0.2) is 59.2 Å². The third-order valence-electron chi connectivity index (χ3n) is 4.07. The van der Waals surface area contributed by atoms with Crippen molar-refractivity contribution in [3.05, 3.63) is 59.8 Å². The maximum Gasteiger partial charge on any atom is 0.363 e. The van der Waals surface area contributed by atoms with Crippen molar-refractivity contribution in [1.82, 2.24) is 0 Å². The number of ether oxygens (including phenoxy) is 4. The first-order valence-electron chi connectivity index (χ1n) is 8.87. The van der Waals surface area contributed by atoms with E-state index in [0.29, 0.717) is 43.6 Å². The van der Waals surface area contributed by atoms with Crippen LogP contribution in [0.2, 0.25) is 0 Å². The number of rotatable bonds is 5. The van der Waals surface area contributed by atoms with Gasteiger partial charge in [0.2, 0.25) is 5.90 Å². The van der Waals surface area contributed by atoms with E-state index in [0.717, 1.165) is 17.7 Å². The van der Waals surface area contributed by atoms with Crippen LogP contribution in [-0.2, 0) is 9.53 Å². The zero-order valence-electron chi connectivity index (χ0n) is 14.7. The number of esters is 1. The molecular formula is C21H19NO5. The number of para-hydroxylation sites is 1. The highest BCUT2D eigenvalue weighted by Gasteiger charge is 2.23. The van der Waals surface area contributed by atoms with Crippen LogP contribution in [0.3, 0.4) is 0 Å². The van der Waals surface area contributed by atoms with Gasteiger partial charge in [-0.2, -0.15) is 0 Å². The minimum Gasteiger partial charge on any atom is -0.493 e. The smallest absolute Gasteiger partial charge is 0.363 e. The number of hydrogen-bond acceptors (Lipinski definition) is 6. The molecule has 2 aliphatic rings. The number of carbonyl (C=O) groups excluding carboxylic acids is 1. The molecule has 0 radical (unpaired) electrons. The highest BCUT2D eigenvalue weighted by molar-refractivity contribution is 6.07. The number of benzene rings is 2. The molecule has 2 heterocycles. The van der Waals surface area contributed by atoms with Gasteiger partial charge in [0.05, 0.1) is 26.2 Å². The molecule has 0 unspecified atom stereocenters. The summed E-state index contributed by atoms with van der Waals surface area (Å²) in [6.45, 7) is 1.63. The van der Waals surface area contributed by atoms with E-state index in [1.165, 1.54) is 0 Å². The Bertz CT molecular complexity index is 889. The van der Waals surface area contributed by atoms with Gasteiger partial charge >= 0.3 is 5.97 Å². The number of hydrogen-bond donors (Lipinski definition) is 0. The van der Waals surface area contributed by atoms with Gasteiger partial charge in [0.15, 0.2) is 17.2 Å². The summed E-state index contributed by atoms with van der Waals surface area (Å²) in [6, 6.07) is 15.0. The Morgan fingerprint density at radius 3 is 2.70 bits per heavy atom. The number of nitrogens with zero attached hydrogens (tertiary/aromatic N) is 1. The molecule has 0 saturated carbocycles. The van der Waals surface area contributed by atoms with E-state index in [1.807, 2.05) is 48.5 Å². The second-order valence-corrected chi connectivity index (χ2v) is 6.09. The van der Waals surface area contributed by atoms with E-state index in [2.05, 4.69) is 4.99 Å². The molecule has 6 nitrogen and oxygen atoms in total. The lowest BCUT2D eigenvalue weighted by atomic mass is 10.1. The van der Waals surface area contributed by atoms with Crippen molar-refractivity contribution in [2.45, 2.75) is 12.8 Å². The van der Waals surface area contributed by atoms with Crippen molar-refractivity contribution >= 4 is 17.9 Å². The molecule has 0 N–H and O–H groups in total. The topological polar surface area (TPSA) is 66.4 Å². The zero-order chi connectivity index (χ0) is 18.5. The molecule has 2 aliphatic heterocycles. The van der Waals surface area contributed by atoms with Crippen LogP contribution in [0.1, 0.15) is 18.4 Å². The molecule has 2 aromatic rings. The number of carbonyl (C=O) groups is 1. The average molecular weight is 365 g/mol. The van der Waals surface area contributed by atoms with Gasteiger partial charge in [-0.3, -0.25) is 0 Å². The maximum atomic E-state index is 12.1. The van der Waals surface area contributed by atoms with Gasteiger partial charge in [0.25, 0.3) is 0 Å². The molecule has 0 aliphatic carbocycles. The molecule has 0 spiro atoms. The minimum absolute atomic E-state index is 0.263. The van der Waals surface area contributed by atoms with Crippen LogP contribution in [0.5, 0.6) is 17.2 Å². The summed E-state index contributed by atoms with van der Waals surface area (Å²) in [5, 5.41) is 0. The second kappa shape index (κ2) is 7.95. The molecule has 2 aromatic carbocycles. The fourth-order valence-corrected chi connectivity index (χ4v) is 2.76. The Kier molecular flexibility index (Phi) is 5.05. The second-order valence-electron chi connectivity index (χ2n) is 6.09. The van der Waals surface area contributed by atoms with E-state index in [9.17, 15) is 4.79 Å². The third-order valence-corrected chi connectivity index (χ3v) is 4.07. The molecule has 0 aromatic heterocycles. The van der Waals surface area contributed by atoms with E-state index in [4.69, 9.17) is 18.9 Å². The van der Waals surface area contributed by atoms with E-state index in [-0.39, 0.29) is 5.70 Å². The fraction of sp³-hybridized carbons (Fsp3) is 0.238. The van der Waals surface area contributed by atoms with Gasteiger partial charge < -0.3 is 18.9 Å². The van der Waals surface area contributed by atoms with Crippen LogP contribution < -0.4 is 14.2 Å². The van der Waals surface area contributed by atoms with Crippen molar-refractivity contribution in [3.8, 4) is 17.2 Å². The number of fused-ring (bicyclic) bond motifs is 1. The van der Waals surface area contributed by atoms with Crippen molar-refractivity contribution in [1.29, 1.82) is 0 Å². The highest BCUT2D eigenvalue weighted by atomic mass is 16.6. The first-order valence-corrected chi connectivity index (χ1v) is 8.87. The monoisotopic (exact) mass is 365 g/mol. The van der Waals surface area contributed by atoms with E-state index >= 15 is 0 Å². The predicted octanol–water partition coefficient (Wildman–Crippen LogP) is 3.61. The summed E-state index contributed by atoms with van der Waals surface area (Å²) >= 11 is 0. The Morgan fingerprint density at radius 1 is 1.04 bits per heavy atom. The quantitative estimate of drug-likeness (QED) is 0.598. The van der Waals surface area contributed by atoms with Gasteiger partial charge in [-0.15, -0.1) is 0 Å². The summed E-state index contributed by atoms with van der Waals surface area (Å²) in [5.41, 5.74) is 1.07. The van der Waals surface area contributed by atoms with Gasteiger partial charge in [-0.25, -0.2) is 9.79 Å². The van der Waals surface area contributed by atoms with Gasteiger partial charge in [-0.1, -0.05) is 24.3 Å². The normalized spacial score (nSPS) is 17.3. The molecule has 0 atom stereocenters. The summed E-state index contributed by atoms with van der Waals surface area (Å²) in [7, 11) is 0. The summed E-state index contributed by atoms with van der Waals surface area (Å²) in [4.78, 5) is 16.3. The summed E-state index contributed by atoms with van der Waals surface area (Å²) in [6.07, 6.45) is 2.94. The molecular weight excluding hydrogens is 346 g/mol. The number of aliphatic imine (C=N–C) groups is 1. The number of cyclic esters (lactones) is 1. The average Bonchev–Trinajstić information content (AvgIpc) is 2.89. The molecule has 0 bridgehead atoms. The molecule has 27 heavy (non-hydrogen) atoms. The van der Waals surface area contributed by atoms with E-state index in [1.54, 1.807) is 6.08 Å². The Labute approximate surface area is 157 Å². The van der Waals surface area contributed by atoms with Gasteiger partial charge in [0, 0.05) is 6.42 Å². The van der Waals surface area contributed by atoms with Crippen LogP contribution in [0.25, 0.3) is 6.08 Å². The fourth-order valence-electron chi connectivity index (χ4n) is 2.76. The third kappa shape index (κ3) is 4.28. The first kappa shape index (κ1) is 17.1. The Balaban J connectivity index is 1.42. The first-order chi connectivity index (χ1) is 13.3. The Morgan fingerprint density at radius 2 is 1.85 bits per heavy atom. The van der Waals surface area contributed by atoms with Crippen LogP contribution >= 0.6 is 0 Å². The largest absolute Gasteiger partial charge is 0.493 e. The van der Waals surface area contributed by atoms with Crippen LogP contribution in [-0.4, -0.2) is 31.7 Å². The molecule has 138 valence electrons. The molecule has 0 amide bonds. The Hall–Kier alpha value is -3.28. The van der Waals surface area contributed by atoms with Crippen molar-refractivity contribution in [2.75, 3.05) is 19.8 Å². The summed E-state index contributed by atoms with van der Waals surface area (Å²) < 4.78 is 22.1. The summed E-state index contributed by atoms with van der Waals surface area (Å²) in [5.74, 6) is 2.05. The van der Waals surface area contributed by atoms with Gasteiger partial charge in [-0.05, 0) is 35.9 Å². The molecule has 4 rings (SSSR count). The predicted molar refractivity (Wildman–Crippen MR) is 100 cm³/mol. The SMILES string of the molecule is O=C1OC(CCOc2ccccc2)=N/C1=C/c1ccc2c(c1)OCCCO2. The highest BCUT2D eigenvalue weighted by Crippen LogP contribution is 2.31. The zero-order valence-corrected chi connectivity index (χ0v) is 14.7. The van der Waals surface area contributed by atoms with Gasteiger partial charge in [0.1, 0.15) is 5.75 Å². The minimum atomic E-state index is -0.461. The van der Waals surface area contributed by atoms with Crippen molar-refractivity contribution in [2.24, 2.45) is 4.99 Å². The standard InChI is InChI=1S/C21H19NO5/c23-21-17(13-15-7-8-18-19(14-15)26-11-4-10-25-18)22-20(27-21)9-12-24-16-5-2-1-3-6-16/h1-3,5-8,13-14H,4,9-12H2/b17-13+. The van der Waals surface area contributed by atoms with Crippen molar-refractivity contribution < 1.29 is 23.7 Å². The van der Waals surface area contributed by atoms with Crippen LogP contribution in [0.4, 0.5) is 0 Å².